The molecule has 2 aromatic rings. The minimum absolute atomic E-state index is 0.0181. The highest BCUT2D eigenvalue weighted by Crippen LogP contribution is 2.33. The fraction of sp³-hybridized carbons (Fsp3) is 0.500. The first-order valence-corrected chi connectivity index (χ1v) is 13.2. The van der Waals surface area contributed by atoms with Crippen molar-refractivity contribution in [1.29, 1.82) is 0 Å². The number of esters is 2. The maximum absolute atomic E-state index is 13.0. The van der Waals surface area contributed by atoms with Crippen molar-refractivity contribution in [2.24, 2.45) is 0 Å². The van der Waals surface area contributed by atoms with Crippen LogP contribution in [-0.4, -0.2) is 42.5 Å². The average Bonchev–Trinajstić information content (AvgIpc) is 2.88. The van der Waals surface area contributed by atoms with Crippen molar-refractivity contribution >= 4 is 40.1 Å². The van der Waals surface area contributed by atoms with E-state index in [1.165, 1.54) is 38.2 Å². The van der Waals surface area contributed by atoms with Crippen LogP contribution >= 0.6 is 0 Å². The minimum Gasteiger partial charge on any atom is -0.464 e. The van der Waals surface area contributed by atoms with Crippen LogP contribution in [0.4, 0.5) is 0 Å². The van der Waals surface area contributed by atoms with Gasteiger partial charge in [0.1, 0.15) is 5.94 Å². The normalized spacial score (nSPS) is 11.0. The van der Waals surface area contributed by atoms with E-state index >= 15 is 0 Å². The quantitative estimate of drug-likeness (QED) is 0.150. The van der Waals surface area contributed by atoms with Gasteiger partial charge >= 0.3 is 11.9 Å². The second-order valence-electron chi connectivity index (χ2n) is 9.12. The summed E-state index contributed by atoms with van der Waals surface area (Å²) in [6.07, 6.45) is 7.64. The summed E-state index contributed by atoms with van der Waals surface area (Å²) in [4.78, 5) is 50.5. The highest BCUT2D eigenvalue weighted by atomic mass is 16.6. The van der Waals surface area contributed by atoms with E-state index in [1.807, 2.05) is 42.3 Å². The fourth-order valence-electron chi connectivity index (χ4n) is 4.57. The maximum atomic E-state index is 13.0. The van der Waals surface area contributed by atoms with Gasteiger partial charge in [0.05, 0.1) is 13.2 Å². The number of hydrogen-bond donors (Lipinski definition) is 1. The van der Waals surface area contributed by atoms with Crippen LogP contribution in [0.1, 0.15) is 83.8 Å². The summed E-state index contributed by atoms with van der Waals surface area (Å²) >= 11 is 0. The van der Waals surface area contributed by atoms with Crippen LogP contribution in [0.2, 0.25) is 0 Å². The highest BCUT2D eigenvalue weighted by Gasteiger charge is 2.51. The monoisotopic (exact) mass is 509 g/mol. The van der Waals surface area contributed by atoms with Gasteiger partial charge in [-0.3, -0.25) is 4.79 Å². The number of rotatable bonds is 15. The Morgan fingerprint density at radius 1 is 0.838 bits per heavy atom. The molecule has 0 fully saturated rings. The molecule has 7 nitrogen and oxygen atoms in total. The summed E-state index contributed by atoms with van der Waals surface area (Å²) in [6, 6.07) is 11.5. The number of aryl methyl sites for hydroxylation is 1. The first kappa shape index (κ1) is 29.8. The molecule has 0 aromatic heterocycles. The van der Waals surface area contributed by atoms with E-state index in [0.29, 0.717) is 5.56 Å². The molecule has 0 atom stereocenters. The van der Waals surface area contributed by atoms with Crippen molar-refractivity contribution in [3.63, 3.8) is 0 Å². The molecule has 0 spiro atoms. The Bertz CT molecular complexity index is 1110. The lowest BCUT2D eigenvalue weighted by Crippen LogP contribution is -2.61. The van der Waals surface area contributed by atoms with Crippen molar-refractivity contribution in [2.45, 2.75) is 84.6 Å². The zero-order valence-electron chi connectivity index (χ0n) is 22.5. The van der Waals surface area contributed by atoms with Crippen LogP contribution in [0.15, 0.2) is 36.4 Å². The Hall–Kier alpha value is -3.44. The number of amides is 1. The lowest BCUT2D eigenvalue weighted by molar-refractivity contribution is -0.167. The molecule has 0 radical (unpaired) electrons. The van der Waals surface area contributed by atoms with Crippen LogP contribution < -0.4 is 5.32 Å². The molecular weight excluding hydrogens is 470 g/mol. The van der Waals surface area contributed by atoms with Crippen molar-refractivity contribution in [3.8, 4) is 0 Å². The lowest BCUT2D eigenvalue weighted by Gasteiger charge is -2.30. The van der Waals surface area contributed by atoms with Crippen molar-refractivity contribution in [1.82, 2.24) is 5.32 Å². The SMILES string of the molecule is CCCCCCCCc1ccc(C(=C=O)CC(NC(C)=O)(C(=O)OCC)C(=O)OCC)c2ccccc12. The number of ether oxygens (including phenoxy) is 2. The number of carbonyl (C=O) groups is 3. The number of benzene rings is 2. The van der Waals surface area contributed by atoms with E-state index in [0.717, 1.165) is 30.0 Å². The van der Waals surface area contributed by atoms with E-state index in [2.05, 4.69) is 12.2 Å². The number of fused-ring (bicyclic) bond motifs is 1. The highest BCUT2D eigenvalue weighted by molar-refractivity contribution is 6.11. The Labute approximate surface area is 219 Å². The lowest BCUT2D eigenvalue weighted by atomic mass is 9.85. The topological polar surface area (TPSA) is 98.8 Å². The first-order chi connectivity index (χ1) is 17.8. The molecule has 0 unspecified atom stereocenters. The summed E-state index contributed by atoms with van der Waals surface area (Å²) in [6.45, 7) is 6.53. The molecule has 2 rings (SSSR count). The van der Waals surface area contributed by atoms with Gasteiger partial charge in [0, 0.05) is 18.9 Å². The number of unbranched alkanes of at least 4 members (excludes halogenated alkanes) is 5. The molecule has 0 heterocycles. The predicted molar refractivity (Wildman–Crippen MR) is 145 cm³/mol. The second kappa shape index (κ2) is 15.0. The summed E-state index contributed by atoms with van der Waals surface area (Å²) in [7, 11) is 0. The molecule has 37 heavy (non-hydrogen) atoms. The molecule has 0 aliphatic carbocycles. The van der Waals surface area contributed by atoms with E-state index in [9.17, 15) is 19.2 Å². The molecular formula is C30H39NO6. The minimum atomic E-state index is -2.21. The number of carbonyl (C=O) groups excluding carboxylic acids is 4. The van der Waals surface area contributed by atoms with Crippen LogP contribution in [-0.2, 0) is 35.1 Å². The van der Waals surface area contributed by atoms with E-state index < -0.39 is 29.8 Å². The second-order valence-corrected chi connectivity index (χ2v) is 9.12. The maximum Gasteiger partial charge on any atom is 0.344 e. The number of nitrogens with one attached hydrogen (secondary N) is 1. The molecule has 1 N–H and O–H groups in total. The summed E-state index contributed by atoms with van der Waals surface area (Å²) < 4.78 is 10.3. The Kier molecular flexibility index (Phi) is 12.0. The van der Waals surface area contributed by atoms with Crippen LogP contribution in [0.5, 0.6) is 0 Å². The standard InChI is InChI=1S/C30H39NO6/c1-5-8-9-10-11-12-15-23-18-19-26(27-17-14-13-16-25(23)27)24(21-32)20-30(31-22(4)33,28(34)36-6-2)29(35)37-7-3/h13-14,16-19H,5-12,15,20H2,1-4H3,(H,31,33). The third-order valence-electron chi connectivity index (χ3n) is 6.34. The third-order valence-corrected chi connectivity index (χ3v) is 6.34. The van der Waals surface area contributed by atoms with Gasteiger partial charge in [-0.1, -0.05) is 75.4 Å². The molecule has 200 valence electrons. The van der Waals surface area contributed by atoms with Gasteiger partial charge in [0.25, 0.3) is 0 Å². The third kappa shape index (κ3) is 7.77. The van der Waals surface area contributed by atoms with Crippen molar-refractivity contribution < 1.29 is 28.7 Å². The largest absolute Gasteiger partial charge is 0.464 e. The molecule has 7 heteroatoms. The van der Waals surface area contributed by atoms with E-state index in [4.69, 9.17) is 9.47 Å². The molecule has 1 amide bonds. The van der Waals surface area contributed by atoms with Gasteiger partial charge in [0.15, 0.2) is 0 Å². The van der Waals surface area contributed by atoms with Gasteiger partial charge in [-0.25, -0.2) is 14.4 Å². The molecule has 0 saturated carbocycles. The zero-order chi connectivity index (χ0) is 27.3. The summed E-state index contributed by atoms with van der Waals surface area (Å²) in [5.41, 5.74) is -0.426. The Morgan fingerprint density at radius 2 is 1.43 bits per heavy atom. The van der Waals surface area contributed by atoms with Crippen molar-refractivity contribution in [3.05, 3.63) is 47.5 Å². The molecule has 0 aliphatic rings. The van der Waals surface area contributed by atoms with Gasteiger partial charge in [-0.15, -0.1) is 0 Å². The molecule has 2 aromatic carbocycles. The Morgan fingerprint density at radius 3 is 2.00 bits per heavy atom. The van der Waals surface area contributed by atoms with Crippen LogP contribution in [0.3, 0.4) is 0 Å². The fourth-order valence-corrected chi connectivity index (χ4v) is 4.57. The van der Waals surface area contributed by atoms with Gasteiger partial charge in [0.2, 0.25) is 11.4 Å². The van der Waals surface area contributed by atoms with Gasteiger partial charge in [-0.05, 0) is 48.6 Å². The number of hydrogen-bond acceptors (Lipinski definition) is 6. The van der Waals surface area contributed by atoms with Crippen LogP contribution in [0, 0.1) is 0 Å². The van der Waals surface area contributed by atoms with Crippen molar-refractivity contribution in [2.75, 3.05) is 13.2 Å². The van der Waals surface area contributed by atoms with Gasteiger partial charge < -0.3 is 14.8 Å². The molecule has 0 aliphatic heterocycles. The first-order valence-electron chi connectivity index (χ1n) is 13.2. The van der Waals surface area contributed by atoms with E-state index in [1.54, 1.807) is 13.8 Å². The van der Waals surface area contributed by atoms with Crippen LogP contribution in [0.25, 0.3) is 16.3 Å². The summed E-state index contributed by atoms with van der Waals surface area (Å²) in [5.74, 6) is -0.681. The average molecular weight is 510 g/mol. The summed E-state index contributed by atoms with van der Waals surface area (Å²) in [5, 5.41) is 4.23. The zero-order valence-corrected chi connectivity index (χ0v) is 22.5. The smallest absolute Gasteiger partial charge is 0.344 e. The molecule has 0 saturated heterocycles. The Balaban J connectivity index is 2.47. The predicted octanol–water partition coefficient (Wildman–Crippen LogP) is 5.35. The van der Waals surface area contributed by atoms with Gasteiger partial charge in [-0.2, -0.15) is 0 Å². The van der Waals surface area contributed by atoms with E-state index in [-0.39, 0.29) is 18.8 Å². The molecule has 0 bridgehead atoms.